The lowest BCUT2D eigenvalue weighted by atomic mass is 9.97. The Hall–Kier alpha value is 0.310. The summed E-state index contributed by atoms with van der Waals surface area (Å²) in [6, 6.07) is 0. The number of rotatable bonds is 0. The van der Waals surface area contributed by atoms with E-state index >= 15 is 0 Å². The van der Waals surface area contributed by atoms with E-state index in [4.69, 9.17) is 0 Å². The maximum absolute atomic E-state index is 3.56. The molecule has 1 aliphatic heterocycles. The van der Waals surface area contributed by atoms with Crippen LogP contribution in [-0.2, 0) is 0 Å². The third-order valence-electron chi connectivity index (χ3n) is 2.28. The summed E-state index contributed by atoms with van der Waals surface area (Å²) in [6.45, 7) is 8.11. The van der Waals surface area contributed by atoms with E-state index in [-0.39, 0.29) is 0 Å². The minimum atomic E-state index is 0.370. The topological polar surface area (TPSA) is 12.0 Å². The van der Waals surface area contributed by atoms with Gasteiger partial charge in [-0.15, -0.1) is 0 Å². The van der Waals surface area contributed by atoms with Crippen molar-refractivity contribution in [1.29, 1.82) is 0 Å². The van der Waals surface area contributed by atoms with Crippen LogP contribution >= 0.6 is 11.8 Å². The van der Waals surface area contributed by atoms with Gasteiger partial charge in [-0.1, -0.05) is 6.92 Å². The summed E-state index contributed by atoms with van der Waals surface area (Å²) in [5.41, 5.74) is 0.370. The molecule has 0 aliphatic carbocycles. The summed E-state index contributed by atoms with van der Waals surface area (Å²) in [7, 11) is 0. The first-order valence-corrected chi connectivity index (χ1v) is 5.52. The van der Waals surface area contributed by atoms with Crippen LogP contribution in [-0.4, -0.2) is 23.1 Å². The zero-order valence-electron chi connectivity index (χ0n) is 7.81. The van der Waals surface area contributed by atoms with Gasteiger partial charge in [-0.2, -0.15) is 11.8 Å². The molecule has 1 N–H and O–H groups in total. The molecule has 11 heavy (non-hydrogen) atoms. The van der Waals surface area contributed by atoms with Gasteiger partial charge in [0.15, 0.2) is 0 Å². The molecule has 0 saturated carbocycles. The van der Waals surface area contributed by atoms with Crippen molar-refractivity contribution in [3.8, 4) is 0 Å². The van der Waals surface area contributed by atoms with Crippen LogP contribution in [0, 0.1) is 0 Å². The van der Waals surface area contributed by atoms with Crippen LogP contribution in [0.4, 0.5) is 0 Å². The minimum Gasteiger partial charge on any atom is -0.311 e. The molecule has 0 radical (unpaired) electrons. The highest BCUT2D eigenvalue weighted by molar-refractivity contribution is 7.99. The lowest BCUT2D eigenvalue weighted by Gasteiger charge is -2.30. The van der Waals surface area contributed by atoms with Crippen molar-refractivity contribution in [3.63, 3.8) is 0 Å². The second-order valence-corrected chi connectivity index (χ2v) is 5.58. The summed E-state index contributed by atoms with van der Waals surface area (Å²) >= 11 is 2.09. The fourth-order valence-corrected chi connectivity index (χ4v) is 2.29. The second kappa shape index (κ2) is 3.81. The molecule has 0 bridgehead atoms. The normalized spacial score (nSPS) is 32.5. The molecule has 0 aromatic heterocycles. The Kier molecular flexibility index (Phi) is 3.26. The first-order chi connectivity index (χ1) is 5.10. The molecule has 1 unspecified atom stereocenters. The van der Waals surface area contributed by atoms with Crippen LogP contribution in [0.2, 0.25) is 0 Å². The van der Waals surface area contributed by atoms with Gasteiger partial charge in [0, 0.05) is 23.1 Å². The minimum absolute atomic E-state index is 0.370. The van der Waals surface area contributed by atoms with E-state index in [0.717, 1.165) is 5.25 Å². The fourth-order valence-electron chi connectivity index (χ4n) is 1.39. The molecular weight excluding hydrogens is 154 g/mol. The van der Waals surface area contributed by atoms with Crippen LogP contribution in [0.15, 0.2) is 0 Å². The summed E-state index contributed by atoms with van der Waals surface area (Å²) in [6.07, 6.45) is 2.66. The predicted octanol–water partition coefficient (Wildman–Crippen LogP) is 2.27. The van der Waals surface area contributed by atoms with Crippen LogP contribution in [0.3, 0.4) is 0 Å². The average molecular weight is 173 g/mol. The summed E-state index contributed by atoms with van der Waals surface area (Å²) in [5.74, 6) is 1.27. The third-order valence-corrected chi connectivity index (χ3v) is 3.53. The molecule has 1 fully saturated rings. The largest absolute Gasteiger partial charge is 0.311 e. The van der Waals surface area contributed by atoms with Gasteiger partial charge in [-0.05, 0) is 26.7 Å². The van der Waals surface area contributed by atoms with Gasteiger partial charge in [-0.25, -0.2) is 0 Å². The molecule has 1 atom stereocenters. The maximum atomic E-state index is 3.56. The summed E-state index contributed by atoms with van der Waals surface area (Å²) in [5, 5.41) is 4.42. The van der Waals surface area contributed by atoms with Gasteiger partial charge in [0.25, 0.3) is 0 Å². The van der Waals surface area contributed by atoms with Crippen LogP contribution in [0.5, 0.6) is 0 Å². The fraction of sp³-hybridized carbons (Fsp3) is 1.00. The quantitative estimate of drug-likeness (QED) is 0.603. The molecule has 1 aliphatic rings. The number of hydrogen-bond acceptors (Lipinski definition) is 2. The summed E-state index contributed by atoms with van der Waals surface area (Å²) in [4.78, 5) is 0. The average Bonchev–Trinajstić information content (AvgIpc) is 1.92. The molecule has 2 heteroatoms. The van der Waals surface area contributed by atoms with Crippen molar-refractivity contribution < 1.29 is 0 Å². The lowest BCUT2D eigenvalue weighted by molar-refractivity contribution is 0.359. The Morgan fingerprint density at radius 1 is 1.45 bits per heavy atom. The van der Waals surface area contributed by atoms with E-state index < -0.39 is 0 Å². The Bertz CT molecular complexity index is 123. The maximum Gasteiger partial charge on any atom is 0.0125 e. The van der Waals surface area contributed by atoms with E-state index in [1.54, 1.807) is 0 Å². The van der Waals surface area contributed by atoms with Crippen molar-refractivity contribution in [3.05, 3.63) is 0 Å². The lowest BCUT2D eigenvalue weighted by Crippen LogP contribution is -2.42. The van der Waals surface area contributed by atoms with Gasteiger partial charge < -0.3 is 5.32 Å². The molecule has 66 valence electrons. The summed E-state index contributed by atoms with van der Waals surface area (Å²) < 4.78 is 0. The molecule has 1 heterocycles. The smallest absolute Gasteiger partial charge is 0.0125 e. The molecule has 0 aromatic rings. The van der Waals surface area contributed by atoms with Crippen molar-refractivity contribution in [2.24, 2.45) is 0 Å². The van der Waals surface area contributed by atoms with Crippen LogP contribution in [0.1, 0.15) is 33.6 Å². The number of hydrogen-bond donors (Lipinski definition) is 1. The van der Waals surface area contributed by atoms with Crippen molar-refractivity contribution in [2.45, 2.75) is 44.4 Å². The molecule has 1 nitrogen and oxygen atoms in total. The van der Waals surface area contributed by atoms with Crippen LogP contribution < -0.4 is 5.32 Å². The van der Waals surface area contributed by atoms with Gasteiger partial charge in [0.05, 0.1) is 0 Å². The third kappa shape index (κ3) is 3.48. The highest BCUT2D eigenvalue weighted by Gasteiger charge is 2.19. The Balaban J connectivity index is 2.38. The molecule has 0 amide bonds. The molecule has 1 rings (SSSR count). The SMILES string of the molecule is CC1CCC(C)(C)NCCS1. The monoisotopic (exact) mass is 173 g/mol. The number of thioether (sulfide) groups is 1. The van der Waals surface area contributed by atoms with Crippen molar-refractivity contribution in [1.82, 2.24) is 5.32 Å². The first-order valence-electron chi connectivity index (χ1n) is 4.47. The standard InChI is InChI=1S/C9H19NS/c1-8-4-5-9(2,3)10-6-7-11-8/h8,10H,4-7H2,1-3H3. The Morgan fingerprint density at radius 3 is 2.91 bits per heavy atom. The Labute approximate surface area is 74.3 Å². The van der Waals surface area contributed by atoms with Gasteiger partial charge in [0.2, 0.25) is 0 Å². The number of nitrogens with one attached hydrogen (secondary N) is 1. The van der Waals surface area contributed by atoms with E-state index in [1.165, 1.54) is 25.1 Å². The second-order valence-electron chi connectivity index (χ2n) is 4.03. The zero-order chi connectivity index (χ0) is 8.32. The molecule has 0 spiro atoms. The van der Waals surface area contributed by atoms with Crippen molar-refractivity contribution >= 4 is 11.8 Å². The van der Waals surface area contributed by atoms with Gasteiger partial charge in [-0.3, -0.25) is 0 Å². The predicted molar refractivity (Wildman–Crippen MR) is 53.2 cm³/mol. The first kappa shape index (κ1) is 9.40. The molecular formula is C9H19NS. The Morgan fingerprint density at radius 2 is 2.18 bits per heavy atom. The van der Waals surface area contributed by atoms with Crippen LogP contribution in [0.25, 0.3) is 0 Å². The molecule has 1 saturated heterocycles. The van der Waals surface area contributed by atoms with E-state index in [9.17, 15) is 0 Å². The van der Waals surface area contributed by atoms with Gasteiger partial charge >= 0.3 is 0 Å². The van der Waals surface area contributed by atoms with E-state index in [2.05, 4.69) is 37.8 Å². The zero-order valence-corrected chi connectivity index (χ0v) is 8.63. The van der Waals surface area contributed by atoms with Gasteiger partial charge in [0.1, 0.15) is 0 Å². The van der Waals surface area contributed by atoms with E-state index in [0.29, 0.717) is 5.54 Å². The van der Waals surface area contributed by atoms with E-state index in [1.807, 2.05) is 0 Å². The van der Waals surface area contributed by atoms with Crippen molar-refractivity contribution in [2.75, 3.05) is 12.3 Å². The highest BCUT2D eigenvalue weighted by atomic mass is 32.2. The highest BCUT2D eigenvalue weighted by Crippen LogP contribution is 2.22. The molecule has 0 aromatic carbocycles.